The fourth-order valence-corrected chi connectivity index (χ4v) is 3.30. The Morgan fingerprint density at radius 3 is 2.68 bits per heavy atom. The quantitative estimate of drug-likeness (QED) is 0.773. The molecule has 0 radical (unpaired) electrons. The Morgan fingerprint density at radius 2 is 2.14 bits per heavy atom. The highest BCUT2D eigenvalue weighted by molar-refractivity contribution is 7.92. The third kappa shape index (κ3) is 4.59. The van der Waals surface area contributed by atoms with Crippen LogP contribution in [0.3, 0.4) is 0 Å². The second-order valence-electron chi connectivity index (χ2n) is 5.86. The van der Waals surface area contributed by atoms with Crippen LogP contribution in [0.15, 0.2) is 18.2 Å². The maximum atomic E-state index is 12.4. The van der Waals surface area contributed by atoms with Crippen LogP contribution in [0.2, 0.25) is 5.02 Å². The minimum absolute atomic E-state index is 0.207. The van der Waals surface area contributed by atoms with Crippen molar-refractivity contribution >= 4 is 33.2 Å². The van der Waals surface area contributed by atoms with Gasteiger partial charge >= 0.3 is 0 Å². The zero-order valence-electron chi connectivity index (χ0n) is 12.6. The van der Waals surface area contributed by atoms with Crippen molar-refractivity contribution in [2.75, 3.05) is 24.1 Å². The average Bonchev–Trinajstić information content (AvgIpc) is 2.36. The van der Waals surface area contributed by atoms with E-state index in [1.165, 1.54) is 18.2 Å². The second-order valence-corrected chi connectivity index (χ2v) is 8.02. The molecule has 1 aliphatic rings. The third-order valence-electron chi connectivity index (χ3n) is 3.53. The van der Waals surface area contributed by atoms with Crippen molar-refractivity contribution in [3.8, 4) is 0 Å². The molecule has 0 spiro atoms. The van der Waals surface area contributed by atoms with Gasteiger partial charge in [0.2, 0.25) is 10.0 Å². The molecule has 1 aromatic rings. The highest BCUT2D eigenvalue weighted by atomic mass is 35.5. The van der Waals surface area contributed by atoms with E-state index in [1.54, 1.807) is 0 Å². The minimum Gasteiger partial charge on any atom is -0.346 e. The van der Waals surface area contributed by atoms with Crippen LogP contribution in [-0.2, 0) is 10.0 Å². The summed E-state index contributed by atoms with van der Waals surface area (Å²) in [6.07, 6.45) is 2.96. The van der Waals surface area contributed by atoms with E-state index < -0.39 is 10.0 Å². The van der Waals surface area contributed by atoms with Crippen LogP contribution in [-0.4, -0.2) is 39.2 Å². The van der Waals surface area contributed by atoms with Crippen molar-refractivity contribution in [1.82, 2.24) is 10.6 Å². The molecule has 3 N–H and O–H groups in total. The number of nitrogens with one attached hydrogen (secondary N) is 3. The van der Waals surface area contributed by atoms with E-state index in [9.17, 15) is 13.2 Å². The second kappa shape index (κ2) is 6.44. The van der Waals surface area contributed by atoms with Crippen molar-refractivity contribution in [1.29, 1.82) is 0 Å². The van der Waals surface area contributed by atoms with Gasteiger partial charge < -0.3 is 10.6 Å². The van der Waals surface area contributed by atoms with E-state index in [2.05, 4.69) is 15.4 Å². The molecular weight excluding hydrogens is 326 g/mol. The van der Waals surface area contributed by atoms with Gasteiger partial charge in [0.15, 0.2) is 0 Å². The maximum Gasteiger partial charge on any atom is 0.253 e. The molecule has 122 valence electrons. The van der Waals surface area contributed by atoms with Crippen LogP contribution in [0.4, 0.5) is 5.69 Å². The lowest BCUT2D eigenvalue weighted by molar-refractivity contribution is 0.0891. The first kappa shape index (κ1) is 17.1. The molecule has 22 heavy (non-hydrogen) atoms. The SMILES string of the molecule is CC1(NC(=O)c2ccc(NS(C)(=O)=O)cc2Cl)CCCNC1. The first-order valence-corrected chi connectivity index (χ1v) is 9.26. The molecule has 1 aliphatic heterocycles. The van der Waals surface area contributed by atoms with Crippen molar-refractivity contribution in [2.45, 2.75) is 25.3 Å². The number of hydrogen-bond acceptors (Lipinski definition) is 4. The molecule has 6 nitrogen and oxygen atoms in total. The van der Waals surface area contributed by atoms with Crippen LogP contribution >= 0.6 is 11.6 Å². The van der Waals surface area contributed by atoms with Crippen LogP contribution < -0.4 is 15.4 Å². The fourth-order valence-electron chi connectivity index (χ4n) is 2.48. The normalized spacial score (nSPS) is 22.1. The predicted molar refractivity (Wildman–Crippen MR) is 87.9 cm³/mol. The largest absolute Gasteiger partial charge is 0.346 e. The lowest BCUT2D eigenvalue weighted by Crippen LogP contribution is -2.55. The number of benzene rings is 1. The van der Waals surface area contributed by atoms with E-state index in [1.807, 2.05) is 6.92 Å². The molecule has 1 unspecified atom stereocenters. The number of halogens is 1. The first-order valence-electron chi connectivity index (χ1n) is 6.99. The van der Waals surface area contributed by atoms with Gasteiger partial charge in [-0.2, -0.15) is 0 Å². The van der Waals surface area contributed by atoms with Crippen molar-refractivity contribution in [2.24, 2.45) is 0 Å². The Morgan fingerprint density at radius 1 is 1.41 bits per heavy atom. The molecule has 1 amide bonds. The topological polar surface area (TPSA) is 87.3 Å². The lowest BCUT2D eigenvalue weighted by Gasteiger charge is -2.35. The van der Waals surface area contributed by atoms with Gasteiger partial charge in [-0.15, -0.1) is 0 Å². The van der Waals surface area contributed by atoms with Gasteiger partial charge in [0.05, 0.1) is 22.4 Å². The molecule has 1 heterocycles. The Labute approximate surface area is 135 Å². The van der Waals surface area contributed by atoms with Crippen LogP contribution in [0, 0.1) is 0 Å². The average molecular weight is 346 g/mol. The number of anilines is 1. The highest BCUT2D eigenvalue weighted by Crippen LogP contribution is 2.23. The smallest absolute Gasteiger partial charge is 0.253 e. The predicted octanol–water partition coefficient (Wildman–Crippen LogP) is 1.58. The Balaban J connectivity index is 2.13. The Kier molecular flexibility index (Phi) is 4.99. The zero-order chi connectivity index (χ0) is 16.4. The van der Waals surface area contributed by atoms with E-state index in [0.29, 0.717) is 17.8 Å². The highest BCUT2D eigenvalue weighted by Gasteiger charge is 2.29. The summed E-state index contributed by atoms with van der Waals surface area (Å²) in [4.78, 5) is 12.4. The molecule has 1 saturated heterocycles. The number of piperidine rings is 1. The third-order valence-corrected chi connectivity index (χ3v) is 4.45. The maximum absolute atomic E-state index is 12.4. The number of hydrogen-bond donors (Lipinski definition) is 3. The molecule has 8 heteroatoms. The summed E-state index contributed by atoms with van der Waals surface area (Å²) in [5.41, 5.74) is 0.351. The lowest BCUT2D eigenvalue weighted by atomic mass is 9.92. The van der Waals surface area contributed by atoms with Crippen molar-refractivity contribution in [3.63, 3.8) is 0 Å². The molecule has 0 bridgehead atoms. The van der Waals surface area contributed by atoms with E-state index in [4.69, 9.17) is 11.6 Å². The van der Waals surface area contributed by atoms with Gasteiger partial charge in [0.1, 0.15) is 0 Å². The van der Waals surface area contributed by atoms with Gasteiger partial charge in [-0.25, -0.2) is 8.42 Å². The summed E-state index contributed by atoms with van der Waals surface area (Å²) >= 11 is 6.10. The number of carbonyl (C=O) groups excluding carboxylic acids is 1. The van der Waals surface area contributed by atoms with Crippen LogP contribution in [0.5, 0.6) is 0 Å². The van der Waals surface area contributed by atoms with Gasteiger partial charge in [-0.3, -0.25) is 9.52 Å². The number of sulfonamides is 1. The number of rotatable bonds is 4. The molecule has 1 aromatic carbocycles. The van der Waals surface area contributed by atoms with Crippen molar-refractivity contribution < 1.29 is 13.2 Å². The summed E-state index contributed by atoms with van der Waals surface area (Å²) in [6, 6.07) is 4.47. The summed E-state index contributed by atoms with van der Waals surface area (Å²) in [7, 11) is -3.38. The van der Waals surface area contributed by atoms with Gasteiger partial charge in [-0.1, -0.05) is 11.6 Å². The molecule has 2 rings (SSSR count). The van der Waals surface area contributed by atoms with E-state index in [0.717, 1.165) is 25.6 Å². The summed E-state index contributed by atoms with van der Waals surface area (Å²) in [5.74, 6) is -0.262. The Hall–Kier alpha value is -1.31. The molecule has 0 saturated carbocycles. The number of amides is 1. The molecule has 0 aliphatic carbocycles. The van der Waals surface area contributed by atoms with Crippen molar-refractivity contribution in [3.05, 3.63) is 28.8 Å². The van der Waals surface area contributed by atoms with E-state index >= 15 is 0 Å². The van der Waals surface area contributed by atoms with Crippen LogP contribution in [0.1, 0.15) is 30.1 Å². The van der Waals surface area contributed by atoms with Gasteiger partial charge in [0, 0.05) is 12.2 Å². The molecule has 0 aromatic heterocycles. The standard InChI is InChI=1S/C14H20ClN3O3S/c1-14(6-3-7-16-9-14)17-13(19)11-5-4-10(8-12(11)15)18-22(2,20)21/h4-5,8,16,18H,3,6-7,9H2,1-2H3,(H,17,19). The van der Waals surface area contributed by atoms with E-state index in [-0.39, 0.29) is 16.5 Å². The Bertz CT molecular complexity index is 670. The fraction of sp³-hybridized carbons (Fsp3) is 0.500. The molecule has 1 fully saturated rings. The molecule has 1 atom stereocenters. The molecular formula is C14H20ClN3O3S. The monoisotopic (exact) mass is 345 g/mol. The minimum atomic E-state index is -3.38. The summed E-state index contributed by atoms with van der Waals surface area (Å²) in [6.45, 7) is 3.66. The van der Waals surface area contributed by atoms with Gasteiger partial charge in [-0.05, 0) is 44.5 Å². The van der Waals surface area contributed by atoms with Crippen LogP contribution in [0.25, 0.3) is 0 Å². The number of carbonyl (C=O) groups is 1. The first-order chi connectivity index (χ1) is 10.2. The van der Waals surface area contributed by atoms with Gasteiger partial charge in [0.25, 0.3) is 5.91 Å². The summed E-state index contributed by atoms with van der Waals surface area (Å²) < 4.78 is 24.7. The summed E-state index contributed by atoms with van der Waals surface area (Å²) in [5, 5.41) is 6.46. The zero-order valence-corrected chi connectivity index (χ0v) is 14.1.